The number of aryl methyl sites for hydroxylation is 1. The molecule has 0 heterocycles. The molecule has 2 N–H and O–H groups in total. The first-order valence-electron chi connectivity index (χ1n) is 4.74. The van der Waals surface area contributed by atoms with Crippen molar-refractivity contribution < 1.29 is 19.4 Å². The molecule has 4 heteroatoms. The number of halogens is 1. The molecule has 0 saturated carbocycles. The summed E-state index contributed by atoms with van der Waals surface area (Å²) in [5.74, 6) is -1.54. The van der Waals surface area contributed by atoms with E-state index in [0.717, 1.165) is 5.56 Å². The quantitative estimate of drug-likeness (QED) is 0.730. The molecule has 0 bridgehead atoms. The minimum absolute atomic E-state index is 0.0535. The molecule has 1 aromatic carbocycles. The van der Waals surface area contributed by atoms with Gasteiger partial charge in [0.1, 0.15) is 5.82 Å². The molecule has 0 spiro atoms. The van der Waals surface area contributed by atoms with Crippen molar-refractivity contribution in [1.29, 1.82) is 0 Å². The fraction of sp³-hybridized carbons (Fsp3) is 0.364. The first kappa shape index (κ1) is 10.1. The number of carbonyl (C=O) groups is 1. The van der Waals surface area contributed by atoms with Gasteiger partial charge in [0, 0.05) is 6.42 Å². The van der Waals surface area contributed by atoms with Gasteiger partial charge < -0.3 is 10.2 Å². The number of rotatable bonds is 1. The van der Waals surface area contributed by atoms with Crippen LogP contribution in [0, 0.1) is 5.82 Å². The van der Waals surface area contributed by atoms with Crippen LogP contribution in [0.25, 0.3) is 0 Å². The van der Waals surface area contributed by atoms with Crippen LogP contribution >= 0.6 is 0 Å². The lowest BCUT2D eigenvalue weighted by molar-refractivity contribution is -0.159. The van der Waals surface area contributed by atoms with Gasteiger partial charge in [0.2, 0.25) is 0 Å². The smallest absolute Gasteiger partial charge is 0.336 e. The first-order chi connectivity index (χ1) is 7.01. The third-order valence-electron chi connectivity index (χ3n) is 2.86. The molecule has 1 aliphatic carbocycles. The summed E-state index contributed by atoms with van der Waals surface area (Å²) in [6.07, 6.45) is 0.590. The standard InChI is InChI=1S/C11H11FO3/c12-9-2-1-8-6-11(15,10(13)14)4-3-7(8)5-9/h1-2,5,15H,3-4,6H2,(H,13,14). The second-order valence-electron chi connectivity index (χ2n) is 3.93. The van der Waals surface area contributed by atoms with Crippen molar-refractivity contribution in [2.24, 2.45) is 0 Å². The van der Waals surface area contributed by atoms with Crippen LogP contribution in [-0.4, -0.2) is 21.8 Å². The summed E-state index contributed by atoms with van der Waals surface area (Å²) in [5, 5.41) is 18.6. The van der Waals surface area contributed by atoms with E-state index in [1.54, 1.807) is 0 Å². The van der Waals surface area contributed by atoms with E-state index in [2.05, 4.69) is 0 Å². The van der Waals surface area contributed by atoms with Crippen LogP contribution in [0.2, 0.25) is 0 Å². The number of hydrogen-bond acceptors (Lipinski definition) is 2. The number of aliphatic hydroxyl groups is 1. The summed E-state index contributed by atoms with van der Waals surface area (Å²) >= 11 is 0. The lowest BCUT2D eigenvalue weighted by Crippen LogP contribution is -2.43. The van der Waals surface area contributed by atoms with Crippen LogP contribution in [-0.2, 0) is 17.6 Å². The minimum Gasteiger partial charge on any atom is -0.479 e. The molecule has 0 aliphatic heterocycles. The maximum absolute atomic E-state index is 12.9. The normalized spacial score (nSPS) is 24.7. The Balaban J connectivity index is 2.35. The summed E-state index contributed by atoms with van der Waals surface area (Å²) in [6, 6.07) is 4.22. The van der Waals surface area contributed by atoms with Gasteiger partial charge in [-0.15, -0.1) is 0 Å². The maximum Gasteiger partial charge on any atom is 0.336 e. The van der Waals surface area contributed by atoms with Crippen molar-refractivity contribution in [3.8, 4) is 0 Å². The third kappa shape index (κ3) is 1.72. The number of carboxylic acids is 1. The van der Waals surface area contributed by atoms with Gasteiger partial charge in [-0.2, -0.15) is 0 Å². The molecule has 80 valence electrons. The van der Waals surface area contributed by atoms with Gasteiger partial charge in [0.05, 0.1) is 0 Å². The summed E-state index contributed by atoms with van der Waals surface area (Å²) < 4.78 is 12.9. The Morgan fingerprint density at radius 2 is 2.13 bits per heavy atom. The Labute approximate surface area is 86.2 Å². The van der Waals surface area contributed by atoms with Crippen molar-refractivity contribution in [1.82, 2.24) is 0 Å². The molecule has 0 amide bonds. The molecular weight excluding hydrogens is 199 g/mol. The van der Waals surface area contributed by atoms with Crippen LogP contribution in [0.3, 0.4) is 0 Å². The van der Waals surface area contributed by atoms with E-state index >= 15 is 0 Å². The summed E-state index contributed by atoms with van der Waals surface area (Å²) in [6.45, 7) is 0. The topological polar surface area (TPSA) is 57.5 Å². The van der Waals surface area contributed by atoms with Crippen LogP contribution in [0.1, 0.15) is 17.5 Å². The van der Waals surface area contributed by atoms with Crippen molar-refractivity contribution in [3.05, 3.63) is 35.1 Å². The van der Waals surface area contributed by atoms with Gasteiger partial charge in [-0.1, -0.05) is 6.07 Å². The van der Waals surface area contributed by atoms with Crippen LogP contribution < -0.4 is 0 Å². The molecule has 1 atom stereocenters. The van der Waals surface area contributed by atoms with E-state index < -0.39 is 11.6 Å². The number of aliphatic carboxylic acids is 1. The van der Waals surface area contributed by atoms with E-state index in [0.29, 0.717) is 12.0 Å². The number of carboxylic acid groups (broad SMARTS) is 1. The molecule has 3 nitrogen and oxygen atoms in total. The lowest BCUT2D eigenvalue weighted by Gasteiger charge is -2.29. The fourth-order valence-corrected chi connectivity index (χ4v) is 1.93. The Hall–Kier alpha value is -1.42. The second-order valence-corrected chi connectivity index (χ2v) is 3.93. The van der Waals surface area contributed by atoms with Gasteiger partial charge >= 0.3 is 5.97 Å². The highest BCUT2D eigenvalue weighted by Crippen LogP contribution is 2.29. The highest BCUT2D eigenvalue weighted by atomic mass is 19.1. The first-order valence-corrected chi connectivity index (χ1v) is 4.74. The molecule has 1 aromatic rings. The lowest BCUT2D eigenvalue weighted by atomic mass is 9.80. The summed E-state index contributed by atoms with van der Waals surface area (Å²) in [4.78, 5) is 10.8. The average Bonchev–Trinajstić information content (AvgIpc) is 2.18. The van der Waals surface area contributed by atoms with Crippen molar-refractivity contribution in [3.63, 3.8) is 0 Å². The predicted molar refractivity (Wildman–Crippen MR) is 51.0 cm³/mol. The largest absolute Gasteiger partial charge is 0.479 e. The molecule has 0 saturated heterocycles. The Kier molecular flexibility index (Phi) is 2.23. The molecule has 0 radical (unpaired) electrons. The monoisotopic (exact) mass is 210 g/mol. The molecule has 1 aliphatic rings. The van der Waals surface area contributed by atoms with Crippen molar-refractivity contribution in [2.45, 2.75) is 24.9 Å². The molecule has 2 rings (SSSR count). The Bertz CT molecular complexity index is 416. The SMILES string of the molecule is O=C(O)C1(O)CCc2cc(F)ccc2C1. The molecular formula is C11H11FO3. The van der Waals surface area contributed by atoms with Crippen LogP contribution in [0.5, 0.6) is 0 Å². The summed E-state index contributed by atoms with van der Waals surface area (Å²) in [7, 11) is 0. The van der Waals surface area contributed by atoms with Gasteiger partial charge in [-0.25, -0.2) is 9.18 Å². The Morgan fingerprint density at radius 1 is 1.40 bits per heavy atom. The molecule has 15 heavy (non-hydrogen) atoms. The van der Waals surface area contributed by atoms with Gasteiger partial charge in [0.15, 0.2) is 5.60 Å². The fourth-order valence-electron chi connectivity index (χ4n) is 1.93. The molecule has 1 unspecified atom stereocenters. The second kappa shape index (κ2) is 3.31. The van der Waals surface area contributed by atoms with E-state index in [1.165, 1.54) is 18.2 Å². The van der Waals surface area contributed by atoms with Crippen molar-refractivity contribution in [2.75, 3.05) is 0 Å². The minimum atomic E-state index is -1.69. The highest BCUT2D eigenvalue weighted by Gasteiger charge is 2.39. The highest BCUT2D eigenvalue weighted by molar-refractivity contribution is 5.78. The maximum atomic E-state index is 12.9. The zero-order valence-electron chi connectivity index (χ0n) is 8.03. The van der Waals surface area contributed by atoms with Crippen molar-refractivity contribution >= 4 is 5.97 Å². The third-order valence-corrected chi connectivity index (χ3v) is 2.86. The van der Waals surface area contributed by atoms with E-state index in [1.807, 2.05) is 0 Å². The zero-order valence-corrected chi connectivity index (χ0v) is 8.03. The number of fused-ring (bicyclic) bond motifs is 1. The number of hydrogen-bond donors (Lipinski definition) is 2. The Morgan fingerprint density at radius 3 is 2.80 bits per heavy atom. The molecule has 0 aromatic heterocycles. The van der Waals surface area contributed by atoms with Gasteiger partial charge in [0.25, 0.3) is 0 Å². The zero-order chi connectivity index (χ0) is 11.1. The predicted octanol–water partition coefficient (Wildman–Crippen LogP) is 1.13. The van der Waals surface area contributed by atoms with E-state index in [-0.39, 0.29) is 18.7 Å². The van der Waals surface area contributed by atoms with Crippen LogP contribution in [0.4, 0.5) is 4.39 Å². The average molecular weight is 210 g/mol. The molecule has 0 fully saturated rings. The van der Waals surface area contributed by atoms with E-state index in [9.17, 15) is 14.3 Å². The summed E-state index contributed by atoms with van der Waals surface area (Å²) in [5.41, 5.74) is -0.182. The van der Waals surface area contributed by atoms with E-state index in [4.69, 9.17) is 5.11 Å². The van der Waals surface area contributed by atoms with Gasteiger partial charge in [-0.3, -0.25) is 0 Å². The van der Waals surface area contributed by atoms with Gasteiger partial charge in [-0.05, 0) is 36.1 Å². The number of benzene rings is 1. The van der Waals surface area contributed by atoms with Crippen LogP contribution in [0.15, 0.2) is 18.2 Å².